The van der Waals surface area contributed by atoms with E-state index >= 15 is 0 Å². The normalized spacial score (nSPS) is 13.9. The predicted molar refractivity (Wildman–Crippen MR) is 111 cm³/mol. The van der Waals surface area contributed by atoms with Crippen molar-refractivity contribution < 1.29 is 0 Å². The predicted octanol–water partition coefficient (Wildman–Crippen LogP) is 6.40. The van der Waals surface area contributed by atoms with Gasteiger partial charge in [0.1, 0.15) is 0 Å². The molecule has 1 nitrogen and oxygen atoms in total. The second-order valence-corrected chi connectivity index (χ2v) is 13.6. The summed E-state index contributed by atoms with van der Waals surface area (Å²) in [6.07, 6.45) is 9.15. The molecule has 0 amide bonds. The van der Waals surface area contributed by atoms with Crippen molar-refractivity contribution in [2.24, 2.45) is 0 Å². The van der Waals surface area contributed by atoms with Gasteiger partial charge >= 0.3 is 0 Å². The van der Waals surface area contributed by atoms with Gasteiger partial charge in [0.15, 0.2) is 0 Å². The lowest BCUT2D eigenvalue weighted by Gasteiger charge is -2.33. The summed E-state index contributed by atoms with van der Waals surface area (Å²) in [5, 5.41) is 0. The number of hydrogen-bond donors (Lipinski definition) is 0. The second-order valence-electron chi connectivity index (χ2n) is 9.48. The molecule has 1 aromatic carbocycles. The van der Waals surface area contributed by atoms with E-state index in [1.165, 1.54) is 21.6 Å². The maximum absolute atomic E-state index is 4.80. The van der Waals surface area contributed by atoms with Crippen molar-refractivity contribution in [2.75, 3.05) is 18.8 Å². The van der Waals surface area contributed by atoms with Crippen molar-refractivity contribution in [3.8, 4) is 11.3 Å². The highest BCUT2D eigenvalue weighted by Crippen LogP contribution is 2.49. The minimum Gasteiger partial charge on any atom is -0.255 e. The first-order chi connectivity index (χ1) is 10.8. The Morgan fingerprint density at radius 2 is 1.33 bits per heavy atom. The van der Waals surface area contributed by atoms with E-state index in [0.717, 1.165) is 5.69 Å². The fraction of sp³-hybridized carbons (Fsp3) is 0.500. The summed E-state index contributed by atoms with van der Waals surface area (Å²) >= 11 is 0. The SMILES string of the molecule is CC(C)(C)c1ccc(-c2cc(C(C)(C)C)c(S(C)(C)C)cn2)cc1. The highest BCUT2D eigenvalue weighted by Gasteiger charge is 2.24. The average molecular weight is 344 g/mol. The third-order valence-electron chi connectivity index (χ3n) is 4.38. The molecule has 2 rings (SSSR count). The standard InChI is InChI=1S/C22H33NS/c1-21(2,3)17-12-10-16(11-13-17)19-14-18(22(4,5)6)20(15-23-19)24(7,8)9/h10-15H,1-9H3. The Hall–Kier alpha value is -1.28. The lowest BCUT2D eigenvalue weighted by Crippen LogP contribution is -2.16. The highest BCUT2D eigenvalue weighted by molar-refractivity contribution is 8.32. The van der Waals surface area contributed by atoms with Crippen LogP contribution in [0.5, 0.6) is 0 Å². The first-order valence-corrected chi connectivity index (χ1v) is 11.5. The Bertz CT molecular complexity index is 708. The minimum atomic E-state index is -0.804. The van der Waals surface area contributed by atoms with Gasteiger partial charge in [-0.15, -0.1) is 0 Å². The maximum atomic E-state index is 4.80. The Morgan fingerprint density at radius 1 is 0.792 bits per heavy atom. The molecule has 1 heterocycles. The average Bonchev–Trinajstić information content (AvgIpc) is 2.44. The molecule has 24 heavy (non-hydrogen) atoms. The van der Waals surface area contributed by atoms with Crippen LogP contribution in [0.2, 0.25) is 0 Å². The second kappa shape index (κ2) is 6.22. The van der Waals surface area contributed by atoms with Crippen LogP contribution in [0, 0.1) is 0 Å². The van der Waals surface area contributed by atoms with Crippen molar-refractivity contribution >= 4 is 10.0 Å². The Balaban J connectivity index is 2.53. The molecule has 0 unspecified atom stereocenters. The van der Waals surface area contributed by atoms with Gasteiger partial charge in [0.05, 0.1) is 5.69 Å². The molecule has 1 aromatic heterocycles. The molecule has 0 radical (unpaired) electrons. The molecule has 0 atom stereocenters. The van der Waals surface area contributed by atoms with Crippen molar-refractivity contribution in [3.63, 3.8) is 0 Å². The van der Waals surface area contributed by atoms with Crippen LogP contribution >= 0.6 is 10.0 Å². The van der Waals surface area contributed by atoms with Crippen molar-refractivity contribution in [3.05, 3.63) is 47.7 Å². The zero-order valence-corrected chi connectivity index (χ0v) is 17.6. The molecule has 0 saturated heterocycles. The summed E-state index contributed by atoms with van der Waals surface area (Å²) in [5.74, 6) is 0. The van der Waals surface area contributed by atoms with E-state index in [1.54, 1.807) is 0 Å². The summed E-state index contributed by atoms with van der Waals surface area (Å²) in [5.41, 5.74) is 5.37. The first kappa shape index (κ1) is 19.1. The molecular weight excluding hydrogens is 310 g/mol. The number of nitrogens with zero attached hydrogens (tertiary/aromatic N) is 1. The van der Waals surface area contributed by atoms with Gasteiger partial charge in [0.25, 0.3) is 0 Å². The Labute approximate surface area is 150 Å². The summed E-state index contributed by atoms with van der Waals surface area (Å²) < 4.78 is 0. The molecule has 0 N–H and O–H groups in total. The van der Waals surface area contributed by atoms with Gasteiger partial charge < -0.3 is 0 Å². The fourth-order valence-electron chi connectivity index (χ4n) is 2.82. The first-order valence-electron chi connectivity index (χ1n) is 8.60. The molecule has 0 bridgehead atoms. The molecule has 0 aliphatic rings. The van der Waals surface area contributed by atoms with Crippen molar-refractivity contribution in [2.45, 2.75) is 57.3 Å². The van der Waals surface area contributed by atoms with Crippen LogP contribution in [0.3, 0.4) is 0 Å². The lowest BCUT2D eigenvalue weighted by molar-refractivity contribution is 0.576. The van der Waals surface area contributed by atoms with E-state index in [9.17, 15) is 0 Å². The topological polar surface area (TPSA) is 12.9 Å². The molecule has 0 saturated carbocycles. The third-order valence-corrected chi connectivity index (χ3v) is 6.03. The van der Waals surface area contributed by atoms with Gasteiger partial charge in [0.2, 0.25) is 0 Å². The maximum Gasteiger partial charge on any atom is 0.0705 e. The molecule has 2 aromatic rings. The zero-order chi connectivity index (χ0) is 18.3. The van der Waals surface area contributed by atoms with Gasteiger partial charge in [-0.25, -0.2) is 10.0 Å². The van der Waals surface area contributed by atoms with Gasteiger partial charge in [-0.1, -0.05) is 65.8 Å². The molecule has 0 fully saturated rings. The number of pyridine rings is 1. The van der Waals surface area contributed by atoms with Crippen LogP contribution in [-0.4, -0.2) is 23.8 Å². The molecule has 0 aliphatic heterocycles. The largest absolute Gasteiger partial charge is 0.255 e. The van der Waals surface area contributed by atoms with Crippen LogP contribution in [0.15, 0.2) is 41.4 Å². The van der Waals surface area contributed by atoms with Crippen LogP contribution < -0.4 is 0 Å². The third kappa shape index (κ3) is 4.22. The summed E-state index contributed by atoms with van der Waals surface area (Å²) in [4.78, 5) is 6.22. The monoisotopic (exact) mass is 343 g/mol. The van der Waals surface area contributed by atoms with Gasteiger partial charge in [-0.05, 0) is 46.8 Å². The quantitative estimate of drug-likeness (QED) is 0.615. The number of hydrogen-bond acceptors (Lipinski definition) is 1. The van der Waals surface area contributed by atoms with E-state index in [2.05, 4.69) is 96.8 Å². The molecule has 0 spiro atoms. The van der Waals surface area contributed by atoms with Gasteiger partial charge in [0, 0.05) is 16.7 Å². The molecular formula is C22H33NS. The van der Waals surface area contributed by atoms with E-state index < -0.39 is 10.0 Å². The minimum absolute atomic E-state index is 0.124. The molecule has 0 aliphatic carbocycles. The Morgan fingerprint density at radius 3 is 1.75 bits per heavy atom. The zero-order valence-electron chi connectivity index (χ0n) is 16.8. The summed E-state index contributed by atoms with van der Waals surface area (Å²) in [7, 11) is -0.804. The van der Waals surface area contributed by atoms with E-state index in [1.807, 2.05) is 0 Å². The van der Waals surface area contributed by atoms with Crippen LogP contribution in [-0.2, 0) is 10.8 Å². The summed E-state index contributed by atoms with van der Waals surface area (Å²) in [6, 6.07) is 11.2. The number of benzene rings is 1. The van der Waals surface area contributed by atoms with E-state index in [-0.39, 0.29) is 10.8 Å². The highest BCUT2D eigenvalue weighted by atomic mass is 32.3. The number of rotatable bonds is 2. The van der Waals surface area contributed by atoms with Crippen LogP contribution in [0.1, 0.15) is 52.7 Å². The smallest absolute Gasteiger partial charge is 0.0705 e. The lowest BCUT2D eigenvalue weighted by atomic mass is 9.85. The number of aromatic nitrogens is 1. The molecule has 2 heteroatoms. The molecule has 132 valence electrons. The van der Waals surface area contributed by atoms with E-state index in [4.69, 9.17) is 4.98 Å². The Kier molecular flexibility index (Phi) is 4.94. The fourth-order valence-corrected chi connectivity index (χ4v) is 4.21. The van der Waals surface area contributed by atoms with Crippen molar-refractivity contribution in [1.82, 2.24) is 4.98 Å². The van der Waals surface area contributed by atoms with Crippen LogP contribution in [0.4, 0.5) is 0 Å². The van der Waals surface area contributed by atoms with Crippen molar-refractivity contribution in [1.29, 1.82) is 0 Å². The van der Waals surface area contributed by atoms with Gasteiger partial charge in [-0.3, -0.25) is 4.98 Å². The van der Waals surface area contributed by atoms with E-state index in [0.29, 0.717) is 0 Å². The summed E-state index contributed by atoms with van der Waals surface area (Å²) in [6.45, 7) is 13.6. The van der Waals surface area contributed by atoms with Gasteiger partial charge in [-0.2, -0.15) is 0 Å². The van der Waals surface area contributed by atoms with Crippen LogP contribution in [0.25, 0.3) is 11.3 Å².